The molecule has 0 aliphatic rings. The number of hydrogen-bond donors (Lipinski definition) is 1. The van der Waals surface area contributed by atoms with Gasteiger partial charge in [0.15, 0.2) is 0 Å². The summed E-state index contributed by atoms with van der Waals surface area (Å²) in [6, 6.07) is 17.8. The van der Waals surface area contributed by atoms with Crippen LogP contribution < -0.4 is 10.1 Å². The van der Waals surface area contributed by atoms with Crippen molar-refractivity contribution in [2.75, 3.05) is 7.11 Å². The molecule has 0 heterocycles. The largest absolute Gasteiger partial charge is 0.496 e. The molecule has 2 aromatic rings. The van der Waals surface area contributed by atoms with Crippen LogP contribution in [-0.2, 0) is 11.3 Å². The average Bonchev–Trinajstić information content (AvgIpc) is 2.54. The van der Waals surface area contributed by atoms with Gasteiger partial charge < -0.3 is 10.1 Å². The van der Waals surface area contributed by atoms with Gasteiger partial charge in [-0.05, 0) is 17.5 Å². The van der Waals surface area contributed by atoms with Crippen molar-refractivity contribution in [3.05, 3.63) is 65.7 Å². The van der Waals surface area contributed by atoms with Crippen LogP contribution in [0.5, 0.6) is 5.75 Å². The molecule has 0 spiro atoms. The highest BCUT2D eigenvalue weighted by Gasteiger charge is 2.11. The number of nitrogens with one attached hydrogen (secondary N) is 1. The summed E-state index contributed by atoms with van der Waals surface area (Å²) in [6.45, 7) is 2.56. The standard InChI is InChI=1S/C18H21NO2/c1-14(15-8-4-3-5-9-15)12-18(20)19-13-16-10-6-7-11-17(16)21-2/h3-11,14H,12-13H2,1-2H3,(H,19,20)/t14-/m0/s1. The third kappa shape index (κ3) is 4.35. The van der Waals surface area contributed by atoms with Crippen LogP contribution in [-0.4, -0.2) is 13.0 Å². The molecular weight excluding hydrogens is 262 g/mol. The van der Waals surface area contributed by atoms with Gasteiger partial charge in [0.1, 0.15) is 5.75 Å². The van der Waals surface area contributed by atoms with E-state index in [-0.39, 0.29) is 11.8 Å². The van der Waals surface area contributed by atoms with E-state index in [0.717, 1.165) is 11.3 Å². The highest BCUT2D eigenvalue weighted by atomic mass is 16.5. The Bertz CT molecular complexity index is 581. The van der Waals surface area contributed by atoms with Crippen molar-refractivity contribution in [3.63, 3.8) is 0 Å². The lowest BCUT2D eigenvalue weighted by Crippen LogP contribution is -2.24. The number of hydrogen-bond acceptors (Lipinski definition) is 2. The Morgan fingerprint density at radius 3 is 2.48 bits per heavy atom. The van der Waals surface area contributed by atoms with E-state index in [4.69, 9.17) is 4.74 Å². The second kappa shape index (κ2) is 7.48. The van der Waals surface area contributed by atoms with Gasteiger partial charge in [0, 0.05) is 18.5 Å². The van der Waals surface area contributed by atoms with Crippen molar-refractivity contribution in [1.82, 2.24) is 5.32 Å². The minimum absolute atomic E-state index is 0.0530. The highest BCUT2D eigenvalue weighted by Crippen LogP contribution is 2.19. The second-order valence-electron chi connectivity index (χ2n) is 5.10. The summed E-state index contributed by atoms with van der Waals surface area (Å²) in [7, 11) is 1.64. The fourth-order valence-corrected chi connectivity index (χ4v) is 2.29. The fraction of sp³-hybridized carbons (Fsp3) is 0.278. The molecule has 110 valence electrons. The zero-order valence-electron chi connectivity index (χ0n) is 12.5. The Morgan fingerprint density at radius 2 is 1.76 bits per heavy atom. The van der Waals surface area contributed by atoms with E-state index in [1.165, 1.54) is 5.56 Å². The first-order chi connectivity index (χ1) is 10.2. The number of rotatable bonds is 6. The van der Waals surface area contributed by atoms with Crippen LogP contribution in [0.25, 0.3) is 0 Å². The molecule has 1 atom stereocenters. The molecule has 0 aliphatic heterocycles. The summed E-state index contributed by atoms with van der Waals surface area (Å²) in [4.78, 5) is 12.0. The molecule has 3 heteroatoms. The first-order valence-corrected chi connectivity index (χ1v) is 7.14. The smallest absolute Gasteiger partial charge is 0.220 e. The maximum atomic E-state index is 12.0. The molecule has 0 aliphatic carbocycles. The molecule has 2 rings (SSSR count). The van der Waals surface area contributed by atoms with Gasteiger partial charge in [-0.1, -0.05) is 55.5 Å². The summed E-state index contributed by atoms with van der Waals surface area (Å²) in [6.07, 6.45) is 0.485. The van der Waals surface area contributed by atoms with E-state index in [1.54, 1.807) is 7.11 Å². The summed E-state index contributed by atoms with van der Waals surface area (Å²) >= 11 is 0. The molecule has 1 amide bonds. The number of benzene rings is 2. The van der Waals surface area contributed by atoms with Gasteiger partial charge in [0.05, 0.1) is 7.11 Å². The van der Waals surface area contributed by atoms with E-state index in [2.05, 4.69) is 24.4 Å². The average molecular weight is 283 g/mol. The molecule has 2 aromatic carbocycles. The van der Waals surface area contributed by atoms with Crippen molar-refractivity contribution in [2.24, 2.45) is 0 Å². The van der Waals surface area contributed by atoms with Crippen LogP contribution in [0.3, 0.4) is 0 Å². The molecule has 0 aromatic heterocycles. The molecule has 21 heavy (non-hydrogen) atoms. The maximum Gasteiger partial charge on any atom is 0.220 e. The summed E-state index contributed by atoms with van der Waals surface area (Å²) in [5.41, 5.74) is 2.17. The van der Waals surface area contributed by atoms with E-state index >= 15 is 0 Å². The molecule has 3 nitrogen and oxygen atoms in total. The van der Waals surface area contributed by atoms with Crippen molar-refractivity contribution in [2.45, 2.75) is 25.8 Å². The van der Waals surface area contributed by atoms with Crippen molar-refractivity contribution in [3.8, 4) is 5.75 Å². The van der Waals surface area contributed by atoms with Crippen LogP contribution in [0.1, 0.15) is 30.4 Å². The van der Waals surface area contributed by atoms with Crippen molar-refractivity contribution in [1.29, 1.82) is 0 Å². The Kier molecular flexibility index (Phi) is 5.38. The quantitative estimate of drug-likeness (QED) is 0.881. The number of methoxy groups -OCH3 is 1. The summed E-state index contributed by atoms with van der Waals surface area (Å²) in [5.74, 6) is 1.06. The Labute approximate surface area is 126 Å². The van der Waals surface area contributed by atoms with E-state index < -0.39 is 0 Å². The maximum absolute atomic E-state index is 12.0. The van der Waals surface area contributed by atoms with E-state index in [0.29, 0.717) is 13.0 Å². The Balaban J connectivity index is 1.88. The Morgan fingerprint density at radius 1 is 1.10 bits per heavy atom. The molecular formula is C18H21NO2. The zero-order valence-corrected chi connectivity index (χ0v) is 12.5. The minimum Gasteiger partial charge on any atom is -0.496 e. The Hall–Kier alpha value is -2.29. The lowest BCUT2D eigenvalue weighted by atomic mass is 9.97. The lowest BCUT2D eigenvalue weighted by Gasteiger charge is -2.13. The van der Waals surface area contributed by atoms with Gasteiger partial charge in [-0.2, -0.15) is 0 Å². The molecule has 0 saturated carbocycles. The topological polar surface area (TPSA) is 38.3 Å². The van der Waals surface area contributed by atoms with Crippen LogP contribution in [0.2, 0.25) is 0 Å². The third-order valence-electron chi connectivity index (χ3n) is 3.53. The molecule has 0 bridgehead atoms. The van der Waals surface area contributed by atoms with Crippen LogP contribution >= 0.6 is 0 Å². The van der Waals surface area contributed by atoms with Crippen molar-refractivity contribution >= 4 is 5.91 Å². The van der Waals surface area contributed by atoms with Gasteiger partial charge >= 0.3 is 0 Å². The van der Waals surface area contributed by atoms with Crippen LogP contribution in [0.15, 0.2) is 54.6 Å². The number of amides is 1. The minimum atomic E-state index is 0.0530. The number of carbonyl (C=O) groups is 1. The lowest BCUT2D eigenvalue weighted by molar-refractivity contribution is -0.121. The van der Waals surface area contributed by atoms with Crippen molar-refractivity contribution < 1.29 is 9.53 Å². The van der Waals surface area contributed by atoms with Gasteiger partial charge in [-0.15, -0.1) is 0 Å². The van der Waals surface area contributed by atoms with Crippen LogP contribution in [0, 0.1) is 0 Å². The monoisotopic (exact) mass is 283 g/mol. The summed E-state index contributed by atoms with van der Waals surface area (Å²) in [5, 5.41) is 2.96. The summed E-state index contributed by atoms with van der Waals surface area (Å²) < 4.78 is 5.28. The van der Waals surface area contributed by atoms with Crippen LogP contribution in [0.4, 0.5) is 0 Å². The predicted molar refractivity (Wildman–Crippen MR) is 84.3 cm³/mol. The third-order valence-corrected chi connectivity index (χ3v) is 3.53. The molecule has 0 fully saturated rings. The van der Waals surface area contributed by atoms with E-state index in [1.807, 2.05) is 42.5 Å². The highest BCUT2D eigenvalue weighted by molar-refractivity contribution is 5.76. The molecule has 0 unspecified atom stereocenters. The predicted octanol–water partition coefficient (Wildman–Crippen LogP) is 3.51. The second-order valence-corrected chi connectivity index (χ2v) is 5.10. The number of ether oxygens (including phenoxy) is 1. The number of carbonyl (C=O) groups excluding carboxylic acids is 1. The molecule has 1 N–H and O–H groups in total. The van der Waals surface area contributed by atoms with Gasteiger partial charge in [0.2, 0.25) is 5.91 Å². The zero-order chi connectivity index (χ0) is 15.1. The first kappa shape index (κ1) is 15.1. The van der Waals surface area contributed by atoms with Gasteiger partial charge in [-0.3, -0.25) is 4.79 Å². The fourth-order valence-electron chi connectivity index (χ4n) is 2.29. The van der Waals surface area contributed by atoms with Gasteiger partial charge in [0.25, 0.3) is 0 Å². The molecule has 0 saturated heterocycles. The normalized spacial score (nSPS) is 11.7. The van der Waals surface area contributed by atoms with E-state index in [9.17, 15) is 4.79 Å². The van der Waals surface area contributed by atoms with Gasteiger partial charge in [-0.25, -0.2) is 0 Å². The first-order valence-electron chi connectivity index (χ1n) is 7.14. The SMILES string of the molecule is COc1ccccc1CNC(=O)C[C@H](C)c1ccccc1. The number of para-hydroxylation sites is 1. The molecule has 0 radical (unpaired) electrons.